The number of benzene rings is 1. The number of rotatable bonds is 1. The molecule has 0 saturated carbocycles. The van der Waals surface area contributed by atoms with Crippen LogP contribution in [0.25, 0.3) is 0 Å². The average Bonchev–Trinajstić information content (AvgIpc) is 2.17. The zero-order chi connectivity index (χ0) is 8.39. The van der Waals surface area contributed by atoms with Gasteiger partial charge in [-0.25, -0.2) is 0 Å². The van der Waals surface area contributed by atoms with Crippen LogP contribution in [0, 0.1) is 0 Å². The Kier molecular flexibility index (Phi) is 2.76. The molecule has 64 valence electrons. The summed E-state index contributed by atoms with van der Waals surface area (Å²) in [5.41, 5.74) is 3.08. The second-order valence-electron chi connectivity index (χ2n) is 2.96. The number of hydrogen-bond acceptors (Lipinski definition) is 1. The maximum atomic E-state index is 3.56. The van der Waals surface area contributed by atoms with Crippen LogP contribution in [0.1, 0.15) is 16.4 Å². The van der Waals surface area contributed by atoms with Crippen LogP contribution in [0.2, 0.25) is 0 Å². The maximum Gasteiger partial charge on any atom is 0.0396 e. The molecule has 1 atom stereocenters. The molecule has 0 saturated heterocycles. The first-order chi connectivity index (χ1) is 5.92. The topological polar surface area (TPSA) is 0 Å². The number of thioether (sulfide) groups is 1. The van der Waals surface area contributed by atoms with E-state index >= 15 is 0 Å². The van der Waals surface area contributed by atoms with Crippen molar-refractivity contribution in [1.29, 1.82) is 0 Å². The number of halogens is 1. The number of alkyl halides is 1. The molecule has 0 amide bonds. The molecule has 0 N–H and O–H groups in total. The lowest BCUT2D eigenvalue weighted by Gasteiger charge is -2.23. The summed E-state index contributed by atoms with van der Waals surface area (Å²) in [5.74, 6) is 1.27. The van der Waals surface area contributed by atoms with Crippen molar-refractivity contribution in [2.75, 3.05) is 11.1 Å². The largest absolute Gasteiger partial charge is 0.153 e. The fraction of sp³-hybridized carbons (Fsp3) is 0.400. The van der Waals surface area contributed by atoms with Crippen LogP contribution in [0.4, 0.5) is 0 Å². The molecule has 0 radical (unpaired) electrons. The number of fused-ring (bicyclic) bond motifs is 1. The third kappa shape index (κ3) is 1.55. The Hall–Kier alpha value is 0.0500. The Morgan fingerprint density at radius 1 is 1.42 bits per heavy atom. The minimum absolute atomic E-state index is 0.676. The van der Waals surface area contributed by atoms with E-state index in [1.165, 1.54) is 17.7 Å². The van der Waals surface area contributed by atoms with Gasteiger partial charge in [-0.05, 0) is 23.3 Å². The van der Waals surface area contributed by atoms with E-state index in [4.69, 9.17) is 0 Å². The lowest BCUT2D eigenvalue weighted by atomic mass is 10.0. The molecule has 0 aromatic heterocycles. The van der Waals surface area contributed by atoms with E-state index in [0.717, 1.165) is 5.33 Å². The van der Waals surface area contributed by atoms with Gasteiger partial charge < -0.3 is 0 Å². The van der Waals surface area contributed by atoms with Gasteiger partial charge in [0, 0.05) is 10.6 Å². The highest BCUT2D eigenvalue weighted by Crippen LogP contribution is 2.37. The molecule has 0 spiro atoms. The molecular formula is C10H11BrS. The van der Waals surface area contributed by atoms with Gasteiger partial charge in [-0.3, -0.25) is 0 Å². The van der Waals surface area contributed by atoms with Gasteiger partial charge in [-0.15, -0.1) is 0 Å². The minimum Gasteiger partial charge on any atom is -0.153 e. The fourth-order valence-electron chi connectivity index (χ4n) is 1.60. The lowest BCUT2D eigenvalue weighted by molar-refractivity contribution is 0.997. The molecule has 2 heteroatoms. The standard InChI is InChI=1S/C10H11BrS/c11-7-10-9-4-2-1-3-8(9)5-6-12-10/h1-4,10H,5-7H2. The van der Waals surface area contributed by atoms with E-state index in [0.29, 0.717) is 5.25 Å². The van der Waals surface area contributed by atoms with Gasteiger partial charge in [0.25, 0.3) is 0 Å². The second-order valence-corrected chi connectivity index (χ2v) is 4.92. The summed E-state index contributed by atoms with van der Waals surface area (Å²) < 4.78 is 0. The smallest absolute Gasteiger partial charge is 0.0396 e. The summed E-state index contributed by atoms with van der Waals surface area (Å²) in [7, 11) is 0. The molecule has 0 bridgehead atoms. The van der Waals surface area contributed by atoms with Crippen molar-refractivity contribution in [1.82, 2.24) is 0 Å². The van der Waals surface area contributed by atoms with Gasteiger partial charge in [0.1, 0.15) is 0 Å². The number of hydrogen-bond donors (Lipinski definition) is 0. The van der Waals surface area contributed by atoms with Crippen LogP contribution in [0.15, 0.2) is 24.3 Å². The molecule has 1 aliphatic heterocycles. The van der Waals surface area contributed by atoms with E-state index in [1.54, 1.807) is 5.56 Å². The van der Waals surface area contributed by atoms with E-state index in [2.05, 4.69) is 52.0 Å². The van der Waals surface area contributed by atoms with Crippen molar-refractivity contribution < 1.29 is 0 Å². The zero-order valence-electron chi connectivity index (χ0n) is 6.79. The normalized spacial score (nSPS) is 21.9. The van der Waals surface area contributed by atoms with Crippen LogP contribution < -0.4 is 0 Å². The summed E-state index contributed by atoms with van der Waals surface area (Å²) in [5, 5.41) is 1.75. The van der Waals surface area contributed by atoms with Crippen molar-refractivity contribution >= 4 is 27.7 Å². The van der Waals surface area contributed by atoms with Crippen molar-refractivity contribution in [3.63, 3.8) is 0 Å². The Morgan fingerprint density at radius 2 is 2.25 bits per heavy atom. The highest BCUT2D eigenvalue weighted by atomic mass is 79.9. The molecule has 1 aromatic rings. The van der Waals surface area contributed by atoms with Gasteiger partial charge in [-0.2, -0.15) is 11.8 Å². The van der Waals surface area contributed by atoms with Gasteiger partial charge in [0.05, 0.1) is 0 Å². The maximum absolute atomic E-state index is 3.56. The monoisotopic (exact) mass is 242 g/mol. The van der Waals surface area contributed by atoms with E-state index in [-0.39, 0.29) is 0 Å². The quantitative estimate of drug-likeness (QED) is 0.681. The van der Waals surface area contributed by atoms with E-state index in [1.807, 2.05) is 0 Å². The molecule has 1 aliphatic rings. The zero-order valence-corrected chi connectivity index (χ0v) is 9.20. The van der Waals surface area contributed by atoms with Crippen molar-refractivity contribution in [3.8, 4) is 0 Å². The summed E-state index contributed by atoms with van der Waals surface area (Å²) in [6.07, 6.45) is 1.24. The van der Waals surface area contributed by atoms with Crippen LogP contribution in [-0.2, 0) is 6.42 Å². The van der Waals surface area contributed by atoms with E-state index < -0.39 is 0 Å². The van der Waals surface area contributed by atoms with Crippen LogP contribution in [0.3, 0.4) is 0 Å². The summed E-state index contributed by atoms with van der Waals surface area (Å²) in [6, 6.07) is 8.79. The number of aryl methyl sites for hydroxylation is 1. The SMILES string of the molecule is BrCC1SCCc2ccccc21. The molecule has 0 aliphatic carbocycles. The molecule has 1 heterocycles. The lowest BCUT2D eigenvalue weighted by Crippen LogP contribution is -2.08. The molecular weight excluding hydrogens is 232 g/mol. The third-order valence-corrected chi connectivity index (χ3v) is 4.57. The van der Waals surface area contributed by atoms with Gasteiger partial charge in [0.2, 0.25) is 0 Å². The predicted molar refractivity (Wildman–Crippen MR) is 59.1 cm³/mol. The van der Waals surface area contributed by atoms with Gasteiger partial charge in [-0.1, -0.05) is 40.2 Å². The molecule has 1 unspecified atom stereocenters. The van der Waals surface area contributed by atoms with Crippen LogP contribution in [-0.4, -0.2) is 11.1 Å². The molecule has 0 fully saturated rings. The highest BCUT2D eigenvalue weighted by molar-refractivity contribution is 9.09. The Morgan fingerprint density at radius 3 is 3.08 bits per heavy atom. The second kappa shape index (κ2) is 3.84. The van der Waals surface area contributed by atoms with Crippen LogP contribution >= 0.6 is 27.7 Å². The van der Waals surface area contributed by atoms with E-state index in [9.17, 15) is 0 Å². The Bertz CT molecular complexity index is 272. The first-order valence-electron chi connectivity index (χ1n) is 4.17. The van der Waals surface area contributed by atoms with Gasteiger partial charge in [0.15, 0.2) is 0 Å². The first-order valence-corrected chi connectivity index (χ1v) is 6.34. The molecule has 0 nitrogen and oxygen atoms in total. The fourth-order valence-corrected chi connectivity index (χ4v) is 3.63. The molecule has 2 rings (SSSR count). The summed E-state index contributed by atoms with van der Waals surface area (Å²) in [6.45, 7) is 0. The third-order valence-electron chi connectivity index (χ3n) is 2.23. The molecule has 1 aromatic carbocycles. The van der Waals surface area contributed by atoms with Gasteiger partial charge >= 0.3 is 0 Å². The van der Waals surface area contributed by atoms with Crippen molar-refractivity contribution in [2.45, 2.75) is 11.7 Å². The highest BCUT2D eigenvalue weighted by Gasteiger charge is 2.18. The summed E-state index contributed by atoms with van der Waals surface area (Å²) >= 11 is 5.62. The first kappa shape index (κ1) is 8.64. The molecule has 12 heavy (non-hydrogen) atoms. The average molecular weight is 243 g/mol. The minimum atomic E-state index is 0.676. The van der Waals surface area contributed by atoms with Crippen molar-refractivity contribution in [3.05, 3.63) is 35.4 Å². The predicted octanol–water partition coefficient (Wildman–Crippen LogP) is 3.41. The van der Waals surface area contributed by atoms with Crippen molar-refractivity contribution in [2.24, 2.45) is 0 Å². The Labute approximate surface area is 85.9 Å². The van der Waals surface area contributed by atoms with Crippen LogP contribution in [0.5, 0.6) is 0 Å². The Balaban J connectivity index is 2.37. The summed E-state index contributed by atoms with van der Waals surface area (Å²) in [4.78, 5) is 0.